The molecule has 0 radical (unpaired) electrons. The van der Waals surface area contributed by atoms with Crippen molar-refractivity contribution in [1.29, 1.82) is 0 Å². The van der Waals surface area contributed by atoms with Crippen molar-refractivity contribution in [2.75, 3.05) is 33.0 Å². The molecule has 4 heterocycles. The zero-order valence-corrected chi connectivity index (χ0v) is 29.5. The van der Waals surface area contributed by atoms with Crippen LogP contribution in [0.5, 0.6) is 17.2 Å². The molecular formula is C40H45NO11. The predicted molar refractivity (Wildman–Crippen MR) is 187 cm³/mol. The topological polar surface area (TPSA) is 181 Å². The maximum Gasteiger partial charge on any atom is 0.375 e. The minimum Gasteiger partial charge on any atom is -0.492 e. The van der Waals surface area contributed by atoms with Gasteiger partial charge in [0.05, 0.1) is 54.0 Å². The molecule has 1 saturated carbocycles. The molecule has 0 saturated heterocycles. The molecule has 0 spiro atoms. The number of aldehydes is 1. The van der Waals surface area contributed by atoms with Crippen molar-refractivity contribution < 1.29 is 53.8 Å². The number of hydrogen-bond acceptors (Lipinski definition) is 12. The number of aliphatic hydroxyl groups excluding tert-OH is 3. The van der Waals surface area contributed by atoms with E-state index in [-0.39, 0.29) is 92.2 Å². The van der Waals surface area contributed by atoms with Crippen molar-refractivity contribution in [2.24, 2.45) is 10.9 Å². The maximum absolute atomic E-state index is 13.9. The first-order chi connectivity index (χ1) is 25.1. The van der Waals surface area contributed by atoms with Gasteiger partial charge in [-0.15, -0.1) is 0 Å². The first-order valence-electron chi connectivity index (χ1n) is 18.2. The summed E-state index contributed by atoms with van der Waals surface area (Å²) in [6, 6.07) is 4.08. The Labute approximate surface area is 301 Å². The Balaban J connectivity index is 1.51. The number of nitrogens with zero attached hydrogens (tertiary/aromatic N) is 1. The number of carbonyl (C=O) groups excluding carboxylic acids is 3. The second-order valence-corrected chi connectivity index (χ2v) is 14.4. The van der Waals surface area contributed by atoms with Gasteiger partial charge in [-0.05, 0) is 80.9 Å². The van der Waals surface area contributed by atoms with E-state index >= 15 is 0 Å². The molecule has 4 aliphatic heterocycles. The fourth-order valence-electron chi connectivity index (χ4n) is 8.27. The van der Waals surface area contributed by atoms with E-state index in [1.54, 1.807) is 13.8 Å². The third kappa shape index (κ3) is 6.25. The van der Waals surface area contributed by atoms with Crippen molar-refractivity contribution in [3.63, 3.8) is 0 Å². The molecule has 4 N–H and O–H groups in total. The highest BCUT2D eigenvalue weighted by atomic mass is 16.6. The Morgan fingerprint density at radius 3 is 2.67 bits per heavy atom. The number of aryl methyl sites for hydroxylation is 1. The summed E-state index contributed by atoms with van der Waals surface area (Å²) in [6.45, 7) is 3.02. The second-order valence-electron chi connectivity index (χ2n) is 14.4. The lowest BCUT2D eigenvalue weighted by Gasteiger charge is -2.32. The molecule has 5 aliphatic rings. The van der Waals surface area contributed by atoms with E-state index in [0.717, 1.165) is 27.3 Å². The lowest BCUT2D eigenvalue weighted by atomic mass is 9.74. The van der Waals surface area contributed by atoms with Crippen LogP contribution in [0.15, 0.2) is 34.0 Å². The van der Waals surface area contributed by atoms with Gasteiger partial charge in [0.25, 0.3) is 0 Å². The third-order valence-corrected chi connectivity index (χ3v) is 11.1. The van der Waals surface area contributed by atoms with Crippen LogP contribution in [0.25, 0.3) is 11.6 Å². The molecule has 2 bridgehead atoms. The summed E-state index contributed by atoms with van der Waals surface area (Å²) in [5.41, 5.74) is 2.63. The van der Waals surface area contributed by atoms with E-state index in [9.17, 15) is 34.8 Å². The van der Waals surface area contributed by atoms with Crippen LogP contribution in [0.4, 0.5) is 0 Å². The Kier molecular flexibility index (Phi) is 10.1. The summed E-state index contributed by atoms with van der Waals surface area (Å²) >= 11 is 0. The number of ether oxygens (including phenoxy) is 4. The summed E-state index contributed by atoms with van der Waals surface area (Å²) < 4.78 is 24.7. The van der Waals surface area contributed by atoms with Crippen LogP contribution in [0.3, 0.4) is 0 Å². The Hall–Kier alpha value is -4.36. The summed E-state index contributed by atoms with van der Waals surface area (Å²) in [7, 11) is 0. The fourth-order valence-corrected chi connectivity index (χ4v) is 8.27. The normalized spacial score (nSPS) is 23.0. The predicted octanol–water partition coefficient (Wildman–Crippen LogP) is 2.05. The quantitative estimate of drug-likeness (QED) is 0.220. The first kappa shape index (κ1) is 36.0. The number of fused-ring (bicyclic) bond motifs is 7. The maximum atomic E-state index is 13.9. The molecule has 1 aliphatic carbocycles. The number of esters is 1. The number of Topliss-reactive ketones (excluding diaryl/α,β-unsaturated/α-hetero) is 1. The van der Waals surface area contributed by atoms with Crippen LogP contribution in [0.2, 0.25) is 0 Å². The highest BCUT2D eigenvalue weighted by molar-refractivity contribution is 6.11. The molecule has 2 aromatic rings. The van der Waals surface area contributed by atoms with Crippen LogP contribution in [-0.4, -0.2) is 83.1 Å². The first-order valence-corrected chi connectivity index (χ1v) is 18.2. The SMILES string of the molecule is CCOC(=O)C1=C(C=O)C2=C3CCC(=O)C(C3)c3cc4c(cc3CCC(CO)COc3c5c(c(CO)c(c32)O1)OC(C(C)(O)CCCO)C5)=NCC=4. The fraction of sp³-hybridized carbons (Fsp3) is 0.500. The number of hydrogen-bond donors (Lipinski definition) is 4. The lowest BCUT2D eigenvalue weighted by molar-refractivity contribution is -0.141. The zero-order valence-electron chi connectivity index (χ0n) is 29.5. The van der Waals surface area contributed by atoms with Crippen molar-refractivity contribution in [1.82, 2.24) is 0 Å². The van der Waals surface area contributed by atoms with E-state index in [4.69, 9.17) is 18.9 Å². The van der Waals surface area contributed by atoms with Crippen LogP contribution in [0.1, 0.15) is 86.1 Å². The van der Waals surface area contributed by atoms with Gasteiger partial charge in [0, 0.05) is 49.0 Å². The molecule has 276 valence electrons. The van der Waals surface area contributed by atoms with Gasteiger partial charge in [-0.3, -0.25) is 14.6 Å². The van der Waals surface area contributed by atoms with Crippen LogP contribution in [0, 0.1) is 5.92 Å². The third-order valence-electron chi connectivity index (χ3n) is 11.1. The number of aliphatic hydroxyl groups is 4. The average molecular weight is 716 g/mol. The summed E-state index contributed by atoms with van der Waals surface area (Å²) in [6.07, 6.45) is 4.38. The smallest absolute Gasteiger partial charge is 0.375 e. The largest absolute Gasteiger partial charge is 0.492 e. The van der Waals surface area contributed by atoms with Crippen LogP contribution < -0.4 is 24.8 Å². The van der Waals surface area contributed by atoms with Gasteiger partial charge in [0.15, 0.2) is 6.29 Å². The van der Waals surface area contributed by atoms with Gasteiger partial charge < -0.3 is 39.4 Å². The van der Waals surface area contributed by atoms with E-state index in [0.29, 0.717) is 61.0 Å². The van der Waals surface area contributed by atoms with Crippen molar-refractivity contribution >= 4 is 29.7 Å². The monoisotopic (exact) mass is 715 g/mol. The highest BCUT2D eigenvalue weighted by Crippen LogP contribution is 2.56. The second kappa shape index (κ2) is 14.6. The zero-order chi connectivity index (χ0) is 36.7. The molecule has 4 unspecified atom stereocenters. The number of ketones is 1. The molecule has 1 fully saturated rings. The molecular weight excluding hydrogens is 670 g/mol. The Bertz CT molecular complexity index is 2010. The van der Waals surface area contributed by atoms with Crippen molar-refractivity contribution in [3.8, 4) is 17.2 Å². The van der Waals surface area contributed by atoms with Gasteiger partial charge in [-0.1, -0.05) is 11.6 Å². The molecule has 4 atom stereocenters. The Morgan fingerprint density at radius 2 is 1.94 bits per heavy atom. The van der Waals surface area contributed by atoms with E-state index < -0.39 is 30.2 Å². The van der Waals surface area contributed by atoms with Crippen LogP contribution in [-0.2, 0) is 38.6 Å². The standard InChI is InChI=1S/C40H45NO11/c1-3-49-39(47)38-28(18-44)33-24-7-8-31(46)26(14-24)25-13-23-9-11-41-30(23)15-22(25)6-5-21(17-43)20-50-36-27-16-32(40(2,48)10-4-12-42)51-35(27)29(19-45)37(52-38)34(33)36/h9,13,15,18,21,26,32,42-43,45,48H,3-8,10-12,14,16-17,19-20H2,1-2H3. The molecule has 0 amide bonds. The highest BCUT2D eigenvalue weighted by Gasteiger charge is 2.46. The minimum atomic E-state index is -1.38. The van der Waals surface area contributed by atoms with E-state index in [1.807, 2.05) is 18.2 Å². The summed E-state index contributed by atoms with van der Waals surface area (Å²) in [4.78, 5) is 45.2. The van der Waals surface area contributed by atoms with Crippen LogP contribution >= 0.6 is 0 Å². The number of carbonyl (C=O) groups is 3. The van der Waals surface area contributed by atoms with Crippen molar-refractivity contribution in [3.05, 3.63) is 67.4 Å². The van der Waals surface area contributed by atoms with E-state index in [2.05, 4.69) is 4.99 Å². The summed E-state index contributed by atoms with van der Waals surface area (Å²) in [5, 5.41) is 44.4. The van der Waals surface area contributed by atoms with E-state index in [1.165, 1.54) is 0 Å². The summed E-state index contributed by atoms with van der Waals surface area (Å²) in [5.74, 6) is -1.46. The molecule has 7 rings (SSSR count). The number of allylic oxidation sites excluding steroid dienone is 3. The van der Waals surface area contributed by atoms with Gasteiger partial charge in [0.1, 0.15) is 29.1 Å². The van der Waals surface area contributed by atoms with Gasteiger partial charge in [-0.2, -0.15) is 0 Å². The van der Waals surface area contributed by atoms with Gasteiger partial charge >= 0.3 is 5.97 Å². The van der Waals surface area contributed by atoms with Crippen molar-refractivity contribution in [2.45, 2.75) is 89.4 Å². The number of benzene rings is 2. The molecule has 52 heavy (non-hydrogen) atoms. The average Bonchev–Trinajstić information content (AvgIpc) is 3.80. The lowest BCUT2D eigenvalue weighted by Crippen LogP contribution is -2.42. The molecule has 2 aromatic carbocycles. The Morgan fingerprint density at radius 1 is 1.12 bits per heavy atom. The molecule has 0 aromatic heterocycles. The molecule has 12 nitrogen and oxygen atoms in total. The van der Waals surface area contributed by atoms with Gasteiger partial charge in [0.2, 0.25) is 5.76 Å². The number of rotatable bonds is 9. The molecule has 12 heteroatoms. The van der Waals surface area contributed by atoms with Gasteiger partial charge in [-0.25, -0.2) is 4.79 Å². The minimum absolute atomic E-state index is 0.0131.